The zero-order valence-corrected chi connectivity index (χ0v) is 14.6. The number of esters is 1. The van der Waals surface area contributed by atoms with Crippen LogP contribution >= 0.6 is 0 Å². The maximum Gasteiger partial charge on any atom is 0.359 e. The summed E-state index contributed by atoms with van der Waals surface area (Å²) in [4.78, 5) is 47.4. The van der Waals surface area contributed by atoms with Crippen molar-refractivity contribution in [2.24, 2.45) is 0 Å². The van der Waals surface area contributed by atoms with Crippen LogP contribution in [0, 0.1) is 13.8 Å². The zero-order valence-electron chi connectivity index (χ0n) is 14.6. The Morgan fingerprint density at radius 1 is 1.12 bits per heavy atom. The Balaban J connectivity index is 1.73. The summed E-state index contributed by atoms with van der Waals surface area (Å²) in [7, 11) is 0. The summed E-state index contributed by atoms with van der Waals surface area (Å²) in [6.07, 6.45) is 1.31. The molecule has 0 bridgehead atoms. The molecule has 0 fully saturated rings. The molecule has 0 aliphatic heterocycles. The lowest BCUT2D eigenvalue weighted by molar-refractivity contribution is 0.0467. The molecular weight excluding hydrogens is 334 g/mol. The summed E-state index contributed by atoms with van der Waals surface area (Å²) in [5.41, 5.74) is 3.18. The maximum atomic E-state index is 12.3. The molecular formula is C19H17N3O4. The number of carbonyl (C=O) groups is 3. The van der Waals surface area contributed by atoms with Crippen molar-refractivity contribution < 1.29 is 19.1 Å². The number of carbonyl (C=O) groups excluding carboxylic acids is 3. The van der Waals surface area contributed by atoms with Gasteiger partial charge in [-0.1, -0.05) is 12.1 Å². The average molecular weight is 351 g/mol. The highest BCUT2D eigenvalue weighted by molar-refractivity contribution is 6.04. The van der Waals surface area contributed by atoms with Crippen LogP contribution in [-0.2, 0) is 4.74 Å². The molecule has 0 spiro atoms. The highest BCUT2D eigenvalue weighted by atomic mass is 16.5. The van der Waals surface area contributed by atoms with E-state index in [2.05, 4.69) is 15.0 Å². The summed E-state index contributed by atoms with van der Waals surface area (Å²) in [6, 6.07) is 7.13. The fourth-order valence-corrected chi connectivity index (χ4v) is 2.89. The number of benzene rings is 1. The van der Waals surface area contributed by atoms with Gasteiger partial charge in [0.25, 0.3) is 0 Å². The van der Waals surface area contributed by atoms with Crippen molar-refractivity contribution in [3.8, 4) is 0 Å². The second-order valence-corrected chi connectivity index (χ2v) is 5.92. The van der Waals surface area contributed by atoms with E-state index in [-0.39, 0.29) is 17.2 Å². The molecule has 1 N–H and O–H groups in total. The number of hydrogen-bond acceptors (Lipinski definition) is 6. The van der Waals surface area contributed by atoms with Gasteiger partial charge in [-0.3, -0.25) is 14.6 Å². The number of aromatic amines is 1. The molecule has 0 radical (unpaired) electrons. The number of nitrogens with one attached hydrogen (secondary N) is 1. The van der Waals surface area contributed by atoms with Crippen LogP contribution < -0.4 is 0 Å². The fraction of sp³-hybridized carbons (Fsp3) is 0.211. The molecule has 3 rings (SSSR count). The number of fused-ring (bicyclic) bond motifs is 1. The monoisotopic (exact) mass is 351 g/mol. The molecule has 0 aliphatic carbocycles. The van der Waals surface area contributed by atoms with E-state index in [0.717, 1.165) is 0 Å². The van der Waals surface area contributed by atoms with E-state index in [9.17, 15) is 14.4 Å². The lowest BCUT2D eigenvalue weighted by Gasteiger charge is -2.04. The van der Waals surface area contributed by atoms with Gasteiger partial charge in [-0.05, 0) is 38.5 Å². The third kappa shape index (κ3) is 3.23. The number of para-hydroxylation sites is 2. The lowest BCUT2D eigenvalue weighted by atomic mass is 10.1. The predicted molar refractivity (Wildman–Crippen MR) is 94.4 cm³/mol. The van der Waals surface area contributed by atoms with Gasteiger partial charge < -0.3 is 9.72 Å². The summed E-state index contributed by atoms with van der Waals surface area (Å²) in [5.74, 6) is -1.27. The molecule has 0 amide bonds. The van der Waals surface area contributed by atoms with Crippen molar-refractivity contribution in [2.75, 3.05) is 6.61 Å². The number of Topliss-reactive ketones (excluding diaryl/α,β-unsaturated/α-hetero) is 2. The van der Waals surface area contributed by atoms with Crippen LogP contribution in [-0.4, -0.2) is 39.1 Å². The number of H-pyrrole nitrogens is 1. The van der Waals surface area contributed by atoms with Gasteiger partial charge in [-0.25, -0.2) is 9.78 Å². The minimum absolute atomic E-state index is 0.0281. The minimum Gasteiger partial charge on any atom is -0.452 e. The first-order valence-corrected chi connectivity index (χ1v) is 8.00. The van der Waals surface area contributed by atoms with Gasteiger partial charge in [0, 0.05) is 11.3 Å². The molecule has 0 saturated carbocycles. The first-order chi connectivity index (χ1) is 12.4. The topological polar surface area (TPSA) is 102 Å². The minimum atomic E-state index is -0.732. The number of hydrogen-bond donors (Lipinski definition) is 1. The van der Waals surface area contributed by atoms with Gasteiger partial charge in [0.1, 0.15) is 0 Å². The second-order valence-electron chi connectivity index (χ2n) is 5.92. The van der Waals surface area contributed by atoms with Crippen LogP contribution in [0.1, 0.15) is 49.5 Å². The first kappa shape index (κ1) is 17.5. The molecule has 0 unspecified atom stereocenters. The Hall–Kier alpha value is -3.35. The highest BCUT2D eigenvalue weighted by Gasteiger charge is 2.21. The van der Waals surface area contributed by atoms with Crippen molar-refractivity contribution in [1.29, 1.82) is 0 Å². The van der Waals surface area contributed by atoms with E-state index in [1.54, 1.807) is 32.0 Å². The van der Waals surface area contributed by atoms with E-state index in [4.69, 9.17) is 4.74 Å². The van der Waals surface area contributed by atoms with Crippen LogP contribution in [0.4, 0.5) is 0 Å². The Morgan fingerprint density at radius 3 is 2.46 bits per heavy atom. The summed E-state index contributed by atoms with van der Waals surface area (Å²) < 4.78 is 5.06. The molecule has 0 aliphatic rings. The van der Waals surface area contributed by atoms with Crippen LogP contribution in [0.15, 0.2) is 30.5 Å². The molecule has 3 aromatic rings. The number of aromatic nitrogens is 3. The highest BCUT2D eigenvalue weighted by Crippen LogP contribution is 2.19. The predicted octanol–water partition coefficient (Wildman–Crippen LogP) is 2.82. The third-order valence-corrected chi connectivity index (χ3v) is 4.06. The van der Waals surface area contributed by atoms with Gasteiger partial charge in [0.15, 0.2) is 18.1 Å². The van der Waals surface area contributed by atoms with Crippen LogP contribution in [0.25, 0.3) is 11.0 Å². The third-order valence-electron chi connectivity index (χ3n) is 4.06. The standard InChI is InChI=1S/C19H17N3O4/c1-10-17(12(3)23)11(2)21-18(10)16(24)9-26-19(25)15-8-20-13-6-4-5-7-14(13)22-15/h4-8,21H,9H2,1-3H3. The van der Waals surface area contributed by atoms with Crippen LogP contribution in [0.5, 0.6) is 0 Å². The molecule has 132 valence electrons. The number of aryl methyl sites for hydroxylation is 1. The largest absolute Gasteiger partial charge is 0.452 e. The van der Waals surface area contributed by atoms with Crippen LogP contribution in [0.3, 0.4) is 0 Å². The van der Waals surface area contributed by atoms with Gasteiger partial charge in [-0.15, -0.1) is 0 Å². The quantitative estimate of drug-likeness (QED) is 0.560. The number of ether oxygens (including phenoxy) is 1. The van der Waals surface area contributed by atoms with Crippen LogP contribution in [0.2, 0.25) is 0 Å². The van der Waals surface area contributed by atoms with Crippen molar-refractivity contribution in [3.05, 3.63) is 58.7 Å². The molecule has 7 nitrogen and oxygen atoms in total. The summed E-state index contributed by atoms with van der Waals surface area (Å²) in [5, 5.41) is 0. The Labute approximate surface area is 149 Å². The van der Waals surface area contributed by atoms with E-state index in [0.29, 0.717) is 27.9 Å². The Morgan fingerprint density at radius 2 is 1.81 bits per heavy atom. The molecule has 0 atom stereocenters. The van der Waals surface area contributed by atoms with Gasteiger partial charge in [0.05, 0.1) is 22.9 Å². The fourth-order valence-electron chi connectivity index (χ4n) is 2.89. The number of nitrogens with zero attached hydrogens (tertiary/aromatic N) is 2. The average Bonchev–Trinajstić information content (AvgIpc) is 2.93. The smallest absolute Gasteiger partial charge is 0.359 e. The first-order valence-electron chi connectivity index (χ1n) is 8.00. The Kier molecular flexibility index (Phi) is 4.62. The van der Waals surface area contributed by atoms with Gasteiger partial charge in [0.2, 0.25) is 5.78 Å². The summed E-state index contributed by atoms with van der Waals surface area (Å²) in [6.45, 7) is 4.39. The van der Waals surface area contributed by atoms with Crippen molar-refractivity contribution >= 4 is 28.6 Å². The van der Waals surface area contributed by atoms with Gasteiger partial charge in [-0.2, -0.15) is 0 Å². The van der Waals surface area contributed by atoms with E-state index in [1.807, 2.05) is 6.07 Å². The Bertz CT molecular complexity index is 1040. The van der Waals surface area contributed by atoms with E-state index in [1.165, 1.54) is 13.1 Å². The SMILES string of the molecule is CC(=O)c1c(C)[nH]c(C(=O)COC(=O)c2cnc3ccccc3n2)c1C. The molecule has 7 heteroatoms. The second kappa shape index (κ2) is 6.87. The van der Waals surface area contributed by atoms with Crippen molar-refractivity contribution in [1.82, 2.24) is 15.0 Å². The maximum absolute atomic E-state index is 12.3. The van der Waals surface area contributed by atoms with E-state index >= 15 is 0 Å². The van der Waals surface area contributed by atoms with Crippen molar-refractivity contribution in [3.63, 3.8) is 0 Å². The zero-order chi connectivity index (χ0) is 18.8. The molecule has 2 aromatic heterocycles. The molecule has 26 heavy (non-hydrogen) atoms. The summed E-state index contributed by atoms with van der Waals surface area (Å²) >= 11 is 0. The normalized spacial score (nSPS) is 10.7. The molecule has 0 saturated heterocycles. The van der Waals surface area contributed by atoms with Gasteiger partial charge >= 0.3 is 5.97 Å². The molecule has 2 heterocycles. The lowest BCUT2D eigenvalue weighted by Crippen LogP contribution is -2.16. The number of ketones is 2. The number of rotatable bonds is 5. The molecule has 1 aromatic carbocycles. The van der Waals surface area contributed by atoms with Crippen molar-refractivity contribution in [2.45, 2.75) is 20.8 Å². The van der Waals surface area contributed by atoms with E-state index < -0.39 is 18.4 Å².